The van der Waals surface area contributed by atoms with Crippen molar-refractivity contribution in [1.29, 1.82) is 5.26 Å². The molecule has 0 saturated carbocycles. The Labute approximate surface area is 223 Å². The number of ether oxygens (including phenoxy) is 2. The number of aryl methyl sites for hydroxylation is 3. The first-order valence-electron chi connectivity index (χ1n) is 12.8. The summed E-state index contributed by atoms with van der Waals surface area (Å²) in [6.45, 7) is 6.39. The van der Waals surface area contributed by atoms with E-state index in [1.165, 1.54) is 17.7 Å². The number of anilines is 1. The Bertz CT molecular complexity index is 1320. The van der Waals surface area contributed by atoms with Crippen LogP contribution in [0.4, 0.5) is 10.7 Å². The molecular weight excluding hydrogens is 482 g/mol. The van der Waals surface area contributed by atoms with Gasteiger partial charge in [-0.2, -0.15) is 5.26 Å². The van der Waals surface area contributed by atoms with Crippen LogP contribution < -0.4 is 14.8 Å². The number of aliphatic imine (C=N–C) groups is 1. The van der Waals surface area contributed by atoms with E-state index in [4.69, 9.17) is 19.7 Å². The van der Waals surface area contributed by atoms with E-state index in [0.717, 1.165) is 58.6 Å². The van der Waals surface area contributed by atoms with Crippen LogP contribution in [0, 0.1) is 25.2 Å². The SMILES string of the molecule is CCOc1cc(C=Nc2sc3c(c2C(=O)Nc2cc(C)cc(C)c2)CCCCCC3)ccc1OCC#N. The summed E-state index contributed by atoms with van der Waals surface area (Å²) in [6.07, 6.45) is 8.28. The van der Waals surface area contributed by atoms with Gasteiger partial charge in [0.25, 0.3) is 5.91 Å². The van der Waals surface area contributed by atoms with Gasteiger partial charge >= 0.3 is 0 Å². The van der Waals surface area contributed by atoms with Gasteiger partial charge in [-0.3, -0.25) is 4.79 Å². The second-order valence-electron chi connectivity index (χ2n) is 9.27. The number of carbonyl (C=O) groups excluding carboxylic acids is 1. The molecule has 6 nitrogen and oxygen atoms in total. The van der Waals surface area contributed by atoms with Gasteiger partial charge < -0.3 is 14.8 Å². The first kappa shape index (κ1) is 26.4. The number of carbonyl (C=O) groups is 1. The van der Waals surface area contributed by atoms with E-state index in [9.17, 15) is 4.79 Å². The molecule has 0 spiro atoms. The maximum absolute atomic E-state index is 13.6. The van der Waals surface area contributed by atoms with Crippen molar-refractivity contribution in [2.24, 2.45) is 4.99 Å². The second kappa shape index (κ2) is 12.6. The third kappa shape index (κ3) is 6.78. The maximum Gasteiger partial charge on any atom is 0.259 e. The standard InChI is InChI=1S/C30H33N3O3S/c1-4-35-26-18-22(11-12-25(26)36-14-13-31)19-32-30-28(24-9-7-5-6-8-10-27(24)37-30)29(34)33-23-16-20(2)15-21(3)17-23/h11-12,15-19H,4-10,14H2,1-3H3,(H,33,34). The molecule has 1 heterocycles. The van der Waals surface area contributed by atoms with E-state index in [0.29, 0.717) is 23.7 Å². The lowest BCUT2D eigenvalue weighted by Gasteiger charge is -2.12. The minimum Gasteiger partial charge on any atom is -0.490 e. The Kier molecular flexibility index (Phi) is 8.97. The molecule has 192 valence electrons. The molecule has 0 radical (unpaired) electrons. The fourth-order valence-electron chi connectivity index (χ4n) is 4.71. The zero-order valence-corrected chi connectivity index (χ0v) is 22.5. The van der Waals surface area contributed by atoms with Gasteiger partial charge in [0.05, 0.1) is 12.2 Å². The van der Waals surface area contributed by atoms with E-state index in [2.05, 4.69) is 11.4 Å². The Morgan fingerprint density at radius 3 is 2.54 bits per heavy atom. The minimum absolute atomic E-state index is 0.0484. The Morgan fingerprint density at radius 1 is 1.05 bits per heavy atom. The minimum atomic E-state index is -0.106. The molecule has 37 heavy (non-hydrogen) atoms. The van der Waals surface area contributed by atoms with Crippen LogP contribution >= 0.6 is 11.3 Å². The fraction of sp³-hybridized carbons (Fsp3) is 0.367. The Hall–Kier alpha value is -3.63. The topological polar surface area (TPSA) is 83.7 Å². The number of benzene rings is 2. The van der Waals surface area contributed by atoms with Crippen molar-refractivity contribution in [1.82, 2.24) is 0 Å². The molecule has 1 aliphatic carbocycles. The zero-order chi connectivity index (χ0) is 26.2. The lowest BCUT2D eigenvalue weighted by Crippen LogP contribution is -2.14. The average Bonchev–Trinajstić information content (AvgIpc) is 3.18. The molecule has 0 atom stereocenters. The molecule has 4 rings (SSSR count). The van der Waals surface area contributed by atoms with Gasteiger partial charge in [0.2, 0.25) is 0 Å². The van der Waals surface area contributed by atoms with Crippen molar-refractivity contribution in [3.63, 3.8) is 0 Å². The molecule has 0 bridgehead atoms. The van der Waals surface area contributed by atoms with Crippen LogP contribution in [-0.4, -0.2) is 25.3 Å². The van der Waals surface area contributed by atoms with Gasteiger partial charge in [-0.25, -0.2) is 4.99 Å². The van der Waals surface area contributed by atoms with Crippen molar-refractivity contribution < 1.29 is 14.3 Å². The van der Waals surface area contributed by atoms with Crippen molar-refractivity contribution in [3.05, 3.63) is 69.1 Å². The number of hydrogen-bond acceptors (Lipinski definition) is 6. The highest BCUT2D eigenvalue weighted by Crippen LogP contribution is 2.39. The normalized spacial score (nSPS) is 13.4. The third-order valence-corrected chi connectivity index (χ3v) is 7.45. The molecule has 1 N–H and O–H groups in total. The number of amides is 1. The van der Waals surface area contributed by atoms with Crippen LogP contribution in [0.15, 0.2) is 41.4 Å². The van der Waals surface area contributed by atoms with Gasteiger partial charge in [-0.05, 0) is 99.0 Å². The molecule has 1 amide bonds. The number of nitrogens with one attached hydrogen (secondary N) is 1. The smallest absolute Gasteiger partial charge is 0.259 e. The molecular formula is C30H33N3O3S. The van der Waals surface area contributed by atoms with E-state index < -0.39 is 0 Å². The maximum atomic E-state index is 13.6. The highest BCUT2D eigenvalue weighted by Gasteiger charge is 2.24. The highest BCUT2D eigenvalue weighted by atomic mass is 32.1. The number of hydrogen-bond donors (Lipinski definition) is 1. The summed E-state index contributed by atoms with van der Waals surface area (Å²) in [6, 6.07) is 13.6. The van der Waals surface area contributed by atoms with Crippen LogP contribution in [0.1, 0.15) is 70.1 Å². The molecule has 1 aromatic heterocycles. The first-order valence-corrected chi connectivity index (χ1v) is 13.6. The van der Waals surface area contributed by atoms with Crippen molar-refractivity contribution in [2.45, 2.75) is 59.3 Å². The van der Waals surface area contributed by atoms with Crippen molar-refractivity contribution in [3.8, 4) is 17.6 Å². The number of rotatable bonds is 8. The van der Waals surface area contributed by atoms with Gasteiger partial charge in [-0.1, -0.05) is 18.9 Å². The number of thiophene rings is 1. The molecule has 0 fully saturated rings. The predicted molar refractivity (Wildman–Crippen MR) is 150 cm³/mol. The molecule has 2 aromatic carbocycles. The Balaban J connectivity index is 1.68. The summed E-state index contributed by atoms with van der Waals surface area (Å²) in [5.74, 6) is 0.978. The van der Waals surface area contributed by atoms with Crippen LogP contribution in [0.25, 0.3) is 0 Å². The molecule has 0 saturated heterocycles. The van der Waals surface area contributed by atoms with Gasteiger partial charge in [0, 0.05) is 16.8 Å². The van der Waals surface area contributed by atoms with Crippen LogP contribution in [0.5, 0.6) is 11.5 Å². The summed E-state index contributed by atoms with van der Waals surface area (Å²) in [7, 11) is 0. The van der Waals surface area contributed by atoms with E-state index >= 15 is 0 Å². The van der Waals surface area contributed by atoms with Crippen LogP contribution in [0.2, 0.25) is 0 Å². The third-order valence-electron chi connectivity index (χ3n) is 6.25. The summed E-state index contributed by atoms with van der Waals surface area (Å²) < 4.78 is 11.2. The second-order valence-corrected chi connectivity index (χ2v) is 10.4. The van der Waals surface area contributed by atoms with Gasteiger partial charge in [0.1, 0.15) is 11.1 Å². The Morgan fingerprint density at radius 2 is 1.81 bits per heavy atom. The summed E-state index contributed by atoms with van der Waals surface area (Å²) in [5.41, 5.74) is 5.69. The van der Waals surface area contributed by atoms with Crippen molar-refractivity contribution in [2.75, 3.05) is 18.5 Å². The average molecular weight is 516 g/mol. The fourth-order valence-corrected chi connectivity index (χ4v) is 5.94. The lowest BCUT2D eigenvalue weighted by atomic mass is 9.96. The first-order chi connectivity index (χ1) is 18.0. The quantitative estimate of drug-likeness (QED) is 0.318. The monoisotopic (exact) mass is 515 g/mol. The molecule has 0 unspecified atom stereocenters. The largest absolute Gasteiger partial charge is 0.490 e. The highest BCUT2D eigenvalue weighted by molar-refractivity contribution is 7.16. The molecule has 0 aliphatic heterocycles. The van der Waals surface area contributed by atoms with Gasteiger partial charge in [0.15, 0.2) is 18.1 Å². The van der Waals surface area contributed by atoms with E-state index in [-0.39, 0.29) is 12.5 Å². The van der Waals surface area contributed by atoms with Crippen LogP contribution in [-0.2, 0) is 12.8 Å². The number of nitrogens with zero attached hydrogens (tertiary/aromatic N) is 2. The number of nitriles is 1. The van der Waals surface area contributed by atoms with Crippen molar-refractivity contribution >= 4 is 34.1 Å². The molecule has 1 aliphatic rings. The predicted octanol–water partition coefficient (Wildman–Crippen LogP) is 7.33. The molecule has 3 aromatic rings. The molecule has 7 heteroatoms. The summed E-state index contributed by atoms with van der Waals surface area (Å²) >= 11 is 1.63. The van der Waals surface area contributed by atoms with Crippen LogP contribution in [0.3, 0.4) is 0 Å². The summed E-state index contributed by atoms with van der Waals surface area (Å²) in [5, 5.41) is 12.7. The zero-order valence-electron chi connectivity index (χ0n) is 21.7. The lowest BCUT2D eigenvalue weighted by molar-refractivity contribution is 0.102. The van der Waals surface area contributed by atoms with E-state index in [1.54, 1.807) is 23.6 Å². The number of fused-ring (bicyclic) bond motifs is 1. The summed E-state index contributed by atoms with van der Waals surface area (Å²) in [4.78, 5) is 19.7. The van der Waals surface area contributed by atoms with Gasteiger partial charge in [-0.15, -0.1) is 11.3 Å². The van der Waals surface area contributed by atoms with E-state index in [1.807, 2.05) is 51.1 Å².